The van der Waals surface area contributed by atoms with Gasteiger partial charge in [0.05, 0.1) is 0 Å². The standard InChI is InChI=1S/C19H18BrN3O2/c1-3-23(19(24)15-5-4-6-16(20)11-15)12-17-21-18(22-25-17)14-9-7-13(2)8-10-14/h4-11H,3,12H2,1-2H3. The maximum Gasteiger partial charge on any atom is 0.254 e. The van der Waals surface area contributed by atoms with Crippen LogP contribution in [0.3, 0.4) is 0 Å². The van der Waals surface area contributed by atoms with Crippen molar-refractivity contribution in [3.63, 3.8) is 0 Å². The van der Waals surface area contributed by atoms with E-state index < -0.39 is 0 Å². The molecule has 128 valence electrons. The molecule has 0 aliphatic heterocycles. The van der Waals surface area contributed by atoms with Gasteiger partial charge in [0, 0.05) is 22.1 Å². The van der Waals surface area contributed by atoms with E-state index in [1.165, 1.54) is 5.56 Å². The highest BCUT2D eigenvalue weighted by Gasteiger charge is 2.18. The van der Waals surface area contributed by atoms with Crippen LogP contribution < -0.4 is 0 Å². The highest BCUT2D eigenvalue weighted by molar-refractivity contribution is 9.10. The quantitative estimate of drug-likeness (QED) is 0.634. The predicted molar refractivity (Wildman–Crippen MR) is 99.0 cm³/mol. The molecule has 0 bridgehead atoms. The molecule has 0 radical (unpaired) electrons. The SMILES string of the molecule is CCN(Cc1nc(-c2ccc(C)cc2)no1)C(=O)c1cccc(Br)c1. The zero-order valence-corrected chi connectivity index (χ0v) is 15.7. The minimum Gasteiger partial charge on any atom is -0.337 e. The molecule has 0 saturated heterocycles. The fraction of sp³-hybridized carbons (Fsp3) is 0.211. The van der Waals surface area contributed by atoms with Crippen LogP contribution in [-0.4, -0.2) is 27.5 Å². The van der Waals surface area contributed by atoms with E-state index in [0.29, 0.717) is 23.8 Å². The summed E-state index contributed by atoms with van der Waals surface area (Å²) in [6.07, 6.45) is 0. The molecule has 5 nitrogen and oxygen atoms in total. The molecule has 0 aliphatic rings. The van der Waals surface area contributed by atoms with Crippen molar-refractivity contribution in [3.05, 3.63) is 70.0 Å². The molecule has 1 amide bonds. The molecular weight excluding hydrogens is 382 g/mol. The third-order valence-electron chi connectivity index (χ3n) is 3.84. The molecule has 3 aromatic rings. The van der Waals surface area contributed by atoms with Crippen LogP contribution in [0.5, 0.6) is 0 Å². The Labute approximate surface area is 154 Å². The van der Waals surface area contributed by atoms with Gasteiger partial charge in [-0.25, -0.2) is 0 Å². The van der Waals surface area contributed by atoms with E-state index >= 15 is 0 Å². The van der Waals surface area contributed by atoms with Crippen molar-refractivity contribution in [3.8, 4) is 11.4 Å². The normalized spacial score (nSPS) is 10.7. The third kappa shape index (κ3) is 4.14. The molecule has 0 aliphatic carbocycles. The van der Waals surface area contributed by atoms with E-state index in [4.69, 9.17) is 4.52 Å². The van der Waals surface area contributed by atoms with Gasteiger partial charge >= 0.3 is 0 Å². The summed E-state index contributed by atoms with van der Waals surface area (Å²) in [4.78, 5) is 18.7. The molecule has 0 fully saturated rings. The van der Waals surface area contributed by atoms with E-state index in [2.05, 4.69) is 26.1 Å². The molecule has 2 aromatic carbocycles. The molecule has 1 aromatic heterocycles. The number of benzene rings is 2. The molecule has 0 spiro atoms. The number of halogens is 1. The topological polar surface area (TPSA) is 59.2 Å². The van der Waals surface area contributed by atoms with Crippen molar-refractivity contribution in [2.24, 2.45) is 0 Å². The second kappa shape index (κ2) is 7.61. The van der Waals surface area contributed by atoms with Gasteiger partial charge in [-0.3, -0.25) is 4.79 Å². The molecule has 1 heterocycles. The van der Waals surface area contributed by atoms with Crippen LogP contribution in [0.15, 0.2) is 57.5 Å². The van der Waals surface area contributed by atoms with Crippen molar-refractivity contribution in [1.82, 2.24) is 15.0 Å². The summed E-state index contributed by atoms with van der Waals surface area (Å²) in [6.45, 7) is 4.78. The lowest BCUT2D eigenvalue weighted by atomic mass is 10.1. The number of aryl methyl sites for hydroxylation is 1. The number of aromatic nitrogens is 2. The highest BCUT2D eigenvalue weighted by atomic mass is 79.9. The van der Waals surface area contributed by atoms with Gasteiger partial charge in [-0.2, -0.15) is 4.98 Å². The summed E-state index contributed by atoms with van der Waals surface area (Å²) < 4.78 is 6.20. The lowest BCUT2D eigenvalue weighted by Crippen LogP contribution is -2.30. The summed E-state index contributed by atoms with van der Waals surface area (Å²) in [5, 5.41) is 4.02. The first-order chi connectivity index (χ1) is 12.1. The van der Waals surface area contributed by atoms with Gasteiger partial charge in [0.1, 0.15) is 6.54 Å². The first kappa shape index (κ1) is 17.4. The molecule has 25 heavy (non-hydrogen) atoms. The summed E-state index contributed by atoms with van der Waals surface area (Å²) >= 11 is 3.39. The zero-order chi connectivity index (χ0) is 17.8. The second-order valence-electron chi connectivity index (χ2n) is 5.71. The maximum absolute atomic E-state index is 12.7. The van der Waals surface area contributed by atoms with Gasteiger partial charge in [-0.1, -0.05) is 57.0 Å². The van der Waals surface area contributed by atoms with Crippen molar-refractivity contribution in [2.75, 3.05) is 6.54 Å². The van der Waals surface area contributed by atoms with Gasteiger partial charge in [0.25, 0.3) is 5.91 Å². The van der Waals surface area contributed by atoms with Crippen LogP contribution in [0.2, 0.25) is 0 Å². The Kier molecular flexibility index (Phi) is 5.28. The average Bonchev–Trinajstić information content (AvgIpc) is 3.08. The van der Waals surface area contributed by atoms with E-state index in [1.54, 1.807) is 17.0 Å². The first-order valence-electron chi connectivity index (χ1n) is 8.01. The monoisotopic (exact) mass is 399 g/mol. The number of carbonyl (C=O) groups excluding carboxylic acids is 1. The fourth-order valence-corrected chi connectivity index (χ4v) is 2.83. The smallest absolute Gasteiger partial charge is 0.254 e. The highest BCUT2D eigenvalue weighted by Crippen LogP contribution is 2.18. The summed E-state index contributed by atoms with van der Waals surface area (Å²) in [7, 11) is 0. The van der Waals surface area contributed by atoms with Gasteiger partial charge in [0.2, 0.25) is 11.7 Å². The Balaban J connectivity index is 1.76. The number of carbonyl (C=O) groups is 1. The van der Waals surface area contributed by atoms with Crippen LogP contribution in [0.1, 0.15) is 28.7 Å². The Morgan fingerprint density at radius 3 is 2.64 bits per heavy atom. The van der Waals surface area contributed by atoms with Crippen molar-refractivity contribution in [2.45, 2.75) is 20.4 Å². The third-order valence-corrected chi connectivity index (χ3v) is 4.34. The number of hydrogen-bond acceptors (Lipinski definition) is 4. The van der Waals surface area contributed by atoms with Crippen LogP contribution in [0.25, 0.3) is 11.4 Å². The molecule has 0 atom stereocenters. The lowest BCUT2D eigenvalue weighted by Gasteiger charge is -2.18. The zero-order valence-electron chi connectivity index (χ0n) is 14.1. The Morgan fingerprint density at radius 2 is 1.96 bits per heavy atom. The van der Waals surface area contributed by atoms with Crippen molar-refractivity contribution >= 4 is 21.8 Å². The molecular formula is C19H18BrN3O2. The Morgan fingerprint density at radius 1 is 1.20 bits per heavy atom. The van der Waals surface area contributed by atoms with Crippen molar-refractivity contribution in [1.29, 1.82) is 0 Å². The Bertz CT molecular complexity index is 874. The van der Waals surface area contributed by atoms with Gasteiger partial charge in [-0.05, 0) is 32.0 Å². The maximum atomic E-state index is 12.7. The molecule has 0 unspecified atom stereocenters. The van der Waals surface area contributed by atoms with E-state index in [1.807, 2.05) is 50.2 Å². The van der Waals surface area contributed by atoms with Crippen LogP contribution >= 0.6 is 15.9 Å². The first-order valence-corrected chi connectivity index (χ1v) is 8.80. The lowest BCUT2D eigenvalue weighted by molar-refractivity contribution is 0.0734. The Hall–Kier alpha value is -2.47. The van der Waals surface area contributed by atoms with Gasteiger partial charge in [0.15, 0.2) is 0 Å². The predicted octanol–water partition coefficient (Wildman–Crippen LogP) is 4.47. The average molecular weight is 400 g/mol. The van der Waals surface area contributed by atoms with Crippen molar-refractivity contribution < 1.29 is 9.32 Å². The fourth-order valence-electron chi connectivity index (χ4n) is 2.43. The summed E-state index contributed by atoms with van der Waals surface area (Å²) in [5.41, 5.74) is 2.68. The van der Waals surface area contributed by atoms with E-state index in [-0.39, 0.29) is 12.5 Å². The minimum absolute atomic E-state index is 0.0705. The number of hydrogen-bond donors (Lipinski definition) is 0. The summed E-state index contributed by atoms with van der Waals surface area (Å²) in [5.74, 6) is 0.876. The molecule has 6 heteroatoms. The minimum atomic E-state index is -0.0705. The largest absolute Gasteiger partial charge is 0.337 e. The molecule has 0 N–H and O–H groups in total. The number of rotatable bonds is 5. The van der Waals surface area contributed by atoms with E-state index in [0.717, 1.165) is 10.0 Å². The second-order valence-corrected chi connectivity index (χ2v) is 6.62. The number of amides is 1. The molecule has 3 rings (SSSR count). The molecule has 0 saturated carbocycles. The van der Waals surface area contributed by atoms with Gasteiger partial charge in [-0.15, -0.1) is 0 Å². The number of nitrogens with zero attached hydrogens (tertiary/aromatic N) is 3. The van der Waals surface area contributed by atoms with Crippen LogP contribution in [0.4, 0.5) is 0 Å². The van der Waals surface area contributed by atoms with Gasteiger partial charge < -0.3 is 9.42 Å². The summed E-state index contributed by atoms with van der Waals surface area (Å²) in [6, 6.07) is 15.2. The van der Waals surface area contributed by atoms with E-state index in [9.17, 15) is 4.79 Å². The van der Waals surface area contributed by atoms with Crippen LogP contribution in [0, 0.1) is 6.92 Å². The van der Waals surface area contributed by atoms with Crippen LogP contribution in [-0.2, 0) is 6.54 Å².